The molecule has 3 aromatic rings. The normalized spacial score (nSPS) is 15.5. The largest absolute Gasteiger partial charge is 0.416 e. The molecule has 0 unspecified atom stereocenters. The van der Waals surface area contributed by atoms with Crippen molar-refractivity contribution in [2.75, 3.05) is 13.1 Å². The monoisotopic (exact) mass is 417 g/mol. The molecule has 1 aliphatic heterocycles. The van der Waals surface area contributed by atoms with E-state index in [1.165, 1.54) is 34.9 Å². The lowest BCUT2D eigenvalue weighted by Gasteiger charge is -2.32. The Morgan fingerprint density at radius 3 is 2.40 bits per heavy atom. The van der Waals surface area contributed by atoms with E-state index in [0.717, 1.165) is 6.07 Å². The number of halogens is 3. The molecule has 0 atom stereocenters. The number of hydrogen-bond donors (Lipinski definition) is 1. The van der Waals surface area contributed by atoms with Crippen molar-refractivity contribution in [2.24, 2.45) is 5.73 Å². The third-order valence-electron chi connectivity index (χ3n) is 5.37. The van der Waals surface area contributed by atoms with Crippen molar-refractivity contribution in [2.45, 2.75) is 24.9 Å². The predicted molar refractivity (Wildman–Crippen MR) is 101 cm³/mol. The van der Waals surface area contributed by atoms with Gasteiger partial charge in [-0.1, -0.05) is 18.2 Å². The summed E-state index contributed by atoms with van der Waals surface area (Å²) in [6, 6.07) is 8.59. The Kier molecular flexibility index (Phi) is 4.92. The number of aromatic nitrogens is 3. The van der Waals surface area contributed by atoms with Gasteiger partial charge in [0.25, 0.3) is 5.91 Å². The maximum Gasteiger partial charge on any atom is 0.416 e. The number of nitrogens with zero attached hydrogens (tertiary/aromatic N) is 4. The fourth-order valence-corrected chi connectivity index (χ4v) is 3.83. The average Bonchev–Trinajstić information content (AvgIpc) is 3.16. The second-order valence-corrected chi connectivity index (χ2v) is 7.19. The first-order chi connectivity index (χ1) is 14.3. The van der Waals surface area contributed by atoms with E-state index in [9.17, 15) is 22.8 Å². The van der Waals surface area contributed by atoms with Crippen LogP contribution in [0.1, 0.15) is 50.9 Å². The zero-order chi connectivity index (χ0) is 21.5. The minimum absolute atomic E-state index is 0.0299. The van der Waals surface area contributed by atoms with Crippen molar-refractivity contribution >= 4 is 17.5 Å². The topological polar surface area (TPSA) is 93.6 Å². The molecule has 2 amide bonds. The Hall–Kier alpha value is -3.43. The number of carbonyl (C=O) groups excluding carboxylic acids is 2. The summed E-state index contributed by atoms with van der Waals surface area (Å²) in [6.45, 7) is 0.584. The van der Waals surface area contributed by atoms with E-state index in [1.807, 2.05) is 0 Å². The number of primary amides is 1. The zero-order valence-corrected chi connectivity index (χ0v) is 15.8. The van der Waals surface area contributed by atoms with E-state index in [1.54, 1.807) is 11.0 Å². The van der Waals surface area contributed by atoms with Crippen molar-refractivity contribution < 1.29 is 22.8 Å². The summed E-state index contributed by atoms with van der Waals surface area (Å²) >= 11 is 0. The van der Waals surface area contributed by atoms with Gasteiger partial charge in [-0.25, -0.2) is 0 Å². The van der Waals surface area contributed by atoms with E-state index in [4.69, 9.17) is 5.73 Å². The number of benzene rings is 1. The SMILES string of the molecule is NC(=O)c1ccc2nnc(C(=O)N3CCC(c4ccccc4C(F)(F)F)CC3)n2c1. The van der Waals surface area contributed by atoms with Crippen LogP contribution in [0.25, 0.3) is 5.65 Å². The number of pyridine rings is 1. The van der Waals surface area contributed by atoms with Crippen molar-refractivity contribution in [3.63, 3.8) is 0 Å². The highest BCUT2D eigenvalue weighted by molar-refractivity contribution is 5.94. The third kappa shape index (κ3) is 3.60. The predicted octanol–water partition coefficient (Wildman–Crippen LogP) is 2.87. The van der Waals surface area contributed by atoms with Crippen LogP contribution in [0.4, 0.5) is 13.2 Å². The molecule has 30 heavy (non-hydrogen) atoms. The van der Waals surface area contributed by atoms with Crippen molar-refractivity contribution in [1.82, 2.24) is 19.5 Å². The lowest BCUT2D eigenvalue weighted by atomic mass is 9.86. The lowest BCUT2D eigenvalue weighted by Crippen LogP contribution is -2.39. The van der Waals surface area contributed by atoms with Crippen molar-refractivity contribution in [1.29, 1.82) is 0 Å². The summed E-state index contributed by atoms with van der Waals surface area (Å²) in [6.07, 6.45) is -2.20. The highest BCUT2D eigenvalue weighted by Crippen LogP contribution is 2.38. The van der Waals surface area contributed by atoms with E-state index in [2.05, 4.69) is 10.2 Å². The molecule has 1 fully saturated rings. The van der Waals surface area contributed by atoms with Crippen molar-refractivity contribution in [3.8, 4) is 0 Å². The highest BCUT2D eigenvalue weighted by atomic mass is 19.4. The molecule has 0 aliphatic carbocycles. The molecular weight excluding hydrogens is 399 g/mol. The second-order valence-electron chi connectivity index (χ2n) is 7.19. The summed E-state index contributed by atoms with van der Waals surface area (Å²) in [5, 5.41) is 7.84. The molecule has 4 rings (SSSR count). The number of likely N-dealkylation sites (tertiary alicyclic amines) is 1. The van der Waals surface area contributed by atoms with Gasteiger partial charge in [0, 0.05) is 19.3 Å². The Morgan fingerprint density at radius 1 is 1.03 bits per heavy atom. The molecular formula is C20H18F3N5O2. The molecule has 2 aromatic heterocycles. The molecule has 0 spiro atoms. The van der Waals surface area contributed by atoms with Gasteiger partial charge in [0.2, 0.25) is 11.7 Å². The molecule has 1 aliphatic rings. The molecule has 0 radical (unpaired) electrons. The number of nitrogens with two attached hydrogens (primary N) is 1. The van der Waals surface area contributed by atoms with Crippen LogP contribution in [0.15, 0.2) is 42.6 Å². The van der Waals surface area contributed by atoms with Gasteiger partial charge in [-0.15, -0.1) is 10.2 Å². The van der Waals surface area contributed by atoms with Gasteiger partial charge in [-0.05, 0) is 42.5 Å². The summed E-state index contributed by atoms with van der Waals surface area (Å²) in [5.41, 5.74) is 5.51. The number of rotatable bonds is 3. The van der Waals surface area contributed by atoms with Gasteiger partial charge >= 0.3 is 6.18 Å². The minimum Gasteiger partial charge on any atom is -0.366 e. The Morgan fingerprint density at radius 2 is 1.73 bits per heavy atom. The van der Waals surface area contributed by atoms with Crippen molar-refractivity contribution in [3.05, 3.63) is 65.1 Å². The average molecular weight is 417 g/mol. The Bertz CT molecular complexity index is 1120. The van der Waals surface area contributed by atoms with Crippen LogP contribution in [0.3, 0.4) is 0 Å². The van der Waals surface area contributed by atoms with Crippen LogP contribution in [0, 0.1) is 0 Å². The Balaban J connectivity index is 1.53. The quantitative estimate of drug-likeness (QED) is 0.709. The van der Waals surface area contributed by atoms with Crippen LogP contribution < -0.4 is 5.73 Å². The molecule has 10 heteroatoms. The summed E-state index contributed by atoms with van der Waals surface area (Å²) < 4.78 is 41.3. The molecule has 0 bridgehead atoms. The molecule has 156 valence electrons. The summed E-state index contributed by atoms with van der Waals surface area (Å²) in [5.74, 6) is -1.30. The first-order valence-corrected chi connectivity index (χ1v) is 9.35. The van der Waals surface area contributed by atoms with Crippen LogP contribution in [0.2, 0.25) is 0 Å². The zero-order valence-electron chi connectivity index (χ0n) is 15.8. The van der Waals surface area contributed by atoms with Crippen LogP contribution in [0.5, 0.6) is 0 Å². The van der Waals surface area contributed by atoms with Gasteiger partial charge < -0.3 is 10.6 Å². The van der Waals surface area contributed by atoms with E-state index in [0.29, 0.717) is 31.6 Å². The Labute approximate surface area is 169 Å². The maximum absolute atomic E-state index is 13.3. The molecule has 1 aromatic carbocycles. The van der Waals surface area contributed by atoms with E-state index >= 15 is 0 Å². The maximum atomic E-state index is 13.3. The lowest BCUT2D eigenvalue weighted by molar-refractivity contribution is -0.138. The second kappa shape index (κ2) is 7.43. The fourth-order valence-electron chi connectivity index (χ4n) is 3.83. The molecule has 0 saturated carbocycles. The number of fused-ring (bicyclic) bond motifs is 1. The number of alkyl halides is 3. The molecule has 3 heterocycles. The number of amides is 2. The van der Waals surface area contributed by atoms with E-state index in [-0.39, 0.29) is 22.9 Å². The summed E-state index contributed by atoms with van der Waals surface area (Å²) in [4.78, 5) is 25.9. The first kappa shape index (κ1) is 19.9. The van der Waals surface area contributed by atoms with Crippen LogP contribution in [-0.4, -0.2) is 44.4 Å². The summed E-state index contributed by atoms with van der Waals surface area (Å²) in [7, 11) is 0. The fraction of sp³-hybridized carbons (Fsp3) is 0.300. The molecule has 1 saturated heterocycles. The van der Waals surface area contributed by atoms with Crippen LogP contribution in [-0.2, 0) is 6.18 Å². The van der Waals surface area contributed by atoms with Gasteiger partial charge in [-0.2, -0.15) is 13.2 Å². The third-order valence-corrected chi connectivity index (χ3v) is 5.37. The molecule has 2 N–H and O–H groups in total. The minimum atomic E-state index is -4.41. The number of carbonyl (C=O) groups is 2. The van der Waals surface area contributed by atoms with Gasteiger partial charge in [-0.3, -0.25) is 14.0 Å². The number of piperidine rings is 1. The number of hydrogen-bond acceptors (Lipinski definition) is 4. The van der Waals surface area contributed by atoms with Crippen LogP contribution >= 0.6 is 0 Å². The van der Waals surface area contributed by atoms with Gasteiger partial charge in [0.05, 0.1) is 11.1 Å². The van der Waals surface area contributed by atoms with Gasteiger partial charge in [0.1, 0.15) is 0 Å². The van der Waals surface area contributed by atoms with Gasteiger partial charge in [0.15, 0.2) is 5.65 Å². The standard InChI is InChI=1S/C20H18F3N5O2/c21-20(22,23)15-4-2-1-3-14(15)12-7-9-27(10-8-12)19(30)18-26-25-16-6-5-13(17(24)29)11-28(16)18/h1-6,11-12H,7-10H2,(H2,24,29). The molecule has 7 nitrogen and oxygen atoms in total. The smallest absolute Gasteiger partial charge is 0.366 e. The highest BCUT2D eigenvalue weighted by Gasteiger charge is 2.36. The first-order valence-electron chi connectivity index (χ1n) is 9.35. The van der Waals surface area contributed by atoms with E-state index < -0.39 is 23.6 Å².